The van der Waals surface area contributed by atoms with Crippen LogP contribution in [0.3, 0.4) is 0 Å². The number of allylic oxidation sites excluding steroid dienone is 1. The fraction of sp³-hybridized carbons (Fsp3) is 0.773. The zero-order valence-corrected chi connectivity index (χ0v) is 17.4. The fourth-order valence-corrected chi connectivity index (χ4v) is 7.61. The van der Waals surface area contributed by atoms with Crippen molar-refractivity contribution in [2.24, 2.45) is 17.8 Å². The molecular formula is C22H29NO6. The van der Waals surface area contributed by atoms with Crippen molar-refractivity contribution in [2.75, 3.05) is 13.7 Å². The van der Waals surface area contributed by atoms with Crippen molar-refractivity contribution in [2.45, 2.75) is 76.0 Å². The molecule has 6 rings (SSSR count). The minimum absolute atomic E-state index is 0.0649. The lowest BCUT2D eigenvalue weighted by Gasteiger charge is -2.48. The van der Waals surface area contributed by atoms with Gasteiger partial charge in [-0.1, -0.05) is 13.8 Å². The molecule has 1 spiro atoms. The second kappa shape index (κ2) is 5.56. The van der Waals surface area contributed by atoms with Crippen LogP contribution in [0.1, 0.15) is 46.5 Å². The number of esters is 1. The molecule has 2 unspecified atom stereocenters. The molecule has 0 aromatic heterocycles. The number of rotatable bonds is 4. The summed E-state index contributed by atoms with van der Waals surface area (Å²) in [4.78, 5) is 14.8. The summed E-state index contributed by atoms with van der Waals surface area (Å²) in [5, 5.41) is 10.6. The molecule has 158 valence electrons. The molecule has 29 heavy (non-hydrogen) atoms. The average molecular weight is 403 g/mol. The Morgan fingerprint density at radius 2 is 2.21 bits per heavy atom. The van der Waals surface area contributed by atoms with Crippen molar-refractivity contribution < 1.29 is 28.8 Å². The molecule has 0 aliphatic carbocycles. The van der Waals surface area contributed by atoms with E-state index >= 15 is 0 Å². The summed E-state index contributed by atoms with van der Waals surface area (Å²) in [6, 6.07) is 0.373. The first kappa shape index (κ1) is 18.2. The van der Waals surface area contributed by atoms with E-state index in [2.05, 4.69) is 11.8 Å². The molecule has 0 aromatic carbocycles. The number of aliphatic hydroxyl groups is 1. The highest BCUT2D eigenvalue weighted by atomic mass is 16.7. The Kier molecular flexibility index (Phi) is 3.49. The molecule has 6 aliphatic heterocycles. The van der Waals surface area contributed by atoms with Gasteiger partial charge < -0.3 is 24.1 Å². The van der Waals surface area contributed by atoms with Gasteiger partial charge in [0.1, 0.15) is 5.76 Å². The molecule has 7 heteroatoms. The summed E-state index contributed by atoms with van der Waals surface area (Å²) in [5.74, 6) is 0.990. The molecule has 0 amide bonds. The lowest BCUT2D eigenvalue weighted by Crippen LogP contribution is -2.61. The second-order valence-electron chi connectivity index (χ2n) is 9.58. The van der Waals surface area contributed by atoms with E-state index in [1.165, 1.54) is 0 Å². The van der Waals surface area contributed by atoms with Crippen molar-refractivity contribution in [1.29, 1.82) is 0 Å². The van der Waals surface area contributed by atoms with E-state index in [0.29, 0.717) is 28.9 Å². The van der Waals surface area contributed by atoms with Crippen molar-refractivity contribution in [3.05, 3.63) is 22.9 Å². The molecule has 0 radical (unpaired) electrons. The molecule has 7 nitrogen and oxygen atoms in total. The van der Waals surface area contributed by atoms with Crippen LogP contribution in [-0.2, 0) is 23.7 Å². The molecule has 5 fully saturated rings. The van der Waals surface area contributed by atoms with E-state index in [9.17, 15) is 9.90 Å². The van der Waals surface area contributed by atoms with Crippen LogP contribution in [-0.4, -0.2) is 59.2 Å². The normalized spacial score (nSPS) is 52.2. The van der Waals surface area contributed by atoms with E-state index in [1.54, 1.807) is 14.0 Å². The van der Waals surface area contributed by atoms with E-state index in [1.807, 2.05) is 6.92 Å². The topological polar surface area (TPSA) is 77.5 Å². The third kappa shape index (κ3) is 1.85. The Hall–Kier alpha value is -1.57. The summed E-state index contributed by atoms with van der Waals surface area (Å²) in [7, 11) is 1.56. The quantitative estimate of drug-likeness (QED) is 0.720. The zero-order valence-electron chi connectivity index (χ0n) is 17.4. The van der Waals surface area contributed by atoms with Crippen LogP contribution in [0.4, 0.5) is 0 Å². The van der Waals surface area contributed by atoms with Gasteiger partial charge in [0.25, 0.3) is 0 Å². The van der Waals surface area contributed by atoms with Crippen molar-refractivity contribution >= 4 is 5.97 Å². The SMILES string of the molecule is CCC(O)C[C@@]12[C@@H]3C[C@H]4[C@H]5[C@H](C)/C(=C6\OC(=O)C(C)=C6OC)O[C@]5(O3)[C@@H]1CCN42. The maximum atomic E-state index is 12.2. The first-order chi connectivity index (χ1) is 13.9. The summed E-state index contributed by atoms with van der Waals surface area (Å²) >= 11 is 0. The van der Waals surface area contributed by atoms with Gasteiger partial charge in [-0.2, -0.15) is 0 Å². The fourth-order valence-electron chi connectivity index (χ4n) is 7.61. The van der Waals surface area contributed by atoms with E-state index in [-0.39, 0.29) is 41.5 Å². The predicted molar refractivity (Wildman–Crippen MR) is 101 cm³/mol. The van der Waals surface area contributed by atoms with Gasteiger partial charge in [0.15, 0.2) is 5.76 Å². The third-order valence-electron chi connectivity index (χ3n) is 8.63. The van der Waals surface area contributed by atoms with E-state index in [4.69, 9.17) is 18.9 Å². The van der Waals surface area contributed by atoms with Gasteiger partial charge in [-0.25, -0.2) is 4.79 Å². The Bertz CT molecular complexity index is 865. The molecule has 1 N–H and O–H groups in total. The Labute approximate surface area is 170 Å². The van der Waals surface area contributed by atoms with Gasteiger partial charge in [0, 0.05) is 17.9 Å². The number of methoxy groups -OCH3 is 1. The maximum absolute atomic E-state index is 12.2. The van der Waals surface area contributed by atoms with Crippen LogP contribution in [0.15, 0.2) is 22.9 Å². The first-order valence-electron chi connectivity index (χ1n) is 10.9. The second-order valence-corrected chi connectivity index (χ2v) is 9.58. The highest BCUT2D eigenvalue weighted by molar-refractivity contribution is 5.93. The van der Waals surface area contributed by atoms with Crippen LogP contribution in [0.5, 0.6) is 0 Å². The number of ether oxygens (including phenoxy) is 4. The van der Waals surface area contributed by atoms with Crippen LogP contribution >= 0.6 is 0 Å². The number of hydrogen-bond acceptors (Lipinski definition) is 7. The van der Waals surface area contributed by atoms with Crippen molar-refractivity contribution in [3.63, 3.8) is 0 Å². The average Bonchev–Trinajstić information content (AvgIpc) is 3.40. The van der Waals surface area contributed by atoms with Crippen LogP contribution in [0.25, 0.3) is 0 Å². The standard InChI is InChI=1S/C22H29NO6/c1-5-12(24)9-21-14-6-7-23(21)13-8-15(21)28-22(14)16(13)10(2)18(29-22)19-17(26-4)11(3)20(25)27-19/h10,12-16,24H,5-9H2,1-4H3/b19-18+/t10-,12?,13-,14+,15-,16+,21-,22+/m0/s1. The van der Waals surface area contributed by atoms with Gasteiger partial charge in [0.05, 0.1) is 36.3 Å². The molecule has 6 aliphatic rings. The van der Waals surface area contributed by atoms with Gasteiger partial charge in [-0.05, 0) is 39.2 Å². The summed E-state index contributed by atoms with van der Waals surface area (Å²) in [6.07, 6.45) is 3.26. The molecule has 5 bridgehead atoms. The lowest BCUT2D eigenvalue weighted by atomic mass is 9.69. The molecule has 0 aromatic rings. The number of fused-ring (bicyclic) bond motifs is 1. The van der Waals surface area contributed by atoms with Gasteiger partial charge >= 0.3 is 5.97 Å². The third-order valence-corrected chi connectivity index (χ3v) is 8.63. The smallest absolute Gasteiger partial charge is 0.343 e. The summed E-state index contributed by atoms with van der Waals surface area (Å²) < 4.78 is 24.5. The number of carbonyl (C=O) groups excluding carboxylic acids is 1. The Morgan fingerprint density at radius 3 is 2.93 bits per heavy atom. The molecule has 6 heterocycles. The first-order valence-corrected chi connectivity index (χ1v) is 10.9. The molecule has 5 saturated heterocycles. The Morgan fingerprint density at radius 1 is 1.41 bits per heavy atom. The zero-order chi connectivity index (χ0) is 20.3. The number of nitrogens with zero attached hydrogens (tertiary/aromatic N) is 1. The van der Waals surface area contributed by atoms with Gasteiger partial charge in [-0.3, -0.25) is 4.90 Å². The molecule has 0 saturated carbocycles. The van der Waals surface area contributed by atoms with Crippen LogP contribution in [0, 0.1) is 17.8 Å². The summed E-state index contributed by atoms with van der Waals surface area (Å²) in [5.41, 5.74) is 0.346. The lowest BCUT2D eigenvalue weighted by molar-refractivity contribution is -0.256. The molecular weight excluding hydrogens is 374 g/mol. The molecule has 9 atom stereocenters. The summed E-state index contributed by atoms with van der Waals surface area (Å²) in [6.45, 7) is 6.95. The number of piperidine rings is 1. The van der Waals surface area contributed by atoms with E-state index < -0.39 is 5.79 Å². The number of carbonyl (C=O) groups is 1. The number of hydrogen-bond donors (Lipinski definition) is 1. The van der Waals surface area contributed by atoms with Crippen molar-refractivity contribution in [3.8, 4) is 0 Å². The van der Waals surface area contributed by atoms with Crippen LogP contribution < -0.4 is 0 Å². The minimum atomic E-state index is -0.683. The highest BCUT2D eigenvalue weighted by Crippen LogP contribution is 2.73. The minimum Gasteiger partial charge on any atom is -0.492 e. The largest absolute Gasteiger partial charge is 0.492 e. The Balaban J connectivity index is 1.46. The number of aliphatic hydroxyl groups excluding tert-OH is 1. The van der Waals surface area contributed by atoms with Crippen LogP contribution in [0.2, 0.25) is 0 Å². The van der Waals surface area contributed by atoms with Gasteiger partial charge in [-0.15, -0.1) is 0 Å². The maximum Gasteiger partial charge on any atom is 0.343 e. The van der Waals surface area contributed by atoms with Crippen molar-refractivity contribution in [1.82, 2.24) is 4.90 Å². The van der Waals surface area contributed by atoms with Gasteiger partial charge in [0.2, 0.25) is 11.5 Å². The van der Waals surface area contributed by atoms with E-state index in [0.717, 1.165) is 32.2 Å². The predicted octanol–water partition coefficient (Wildman–Crippen LogP) is 2.06. The highest BCUT2D eigenvalue weighted by Gasteiger charge is 2.84. The monoisotopic (exact) mass is 403 g/mol. The number of cyclic esters (lactones) is 1.